The smallest absolute Gasteiger partial charge is 0.416 e. The Kier molecular flexibility index (Phi) is 4.95. The van der Waals surface area contributed by atoms with Crippen molar-refractivity contribution in [3.63, 3.8) is 0 Å². The normalized spacial score (nSPS) is 13.0. The van der Waals surface area contributed by atoms with E-state index in [-0.39, 0.29) is 21.6 Å². The van der Waals surface area contributed by atoms with E-state index >= 15 is 0 Å². The minimum absolute atomic E-state index is 0.0474. The molecule has 4 aromatic rings. The molecule has 0 unspecified atom stereocenters. The zero-order valence-corrected chi connectivity index (χ0v) is 16.9. The minimum atomic E-state index is -4.49. The lowest BCUT2D eigenvalue weighted by Gasteiger charge is -2.12. The van der Waals surface area contributed by atoms with E-state index in [9.17, 15) is 13.2 Å². The molecule has 1 N–H and O–H groups in total. The SMILES string of the molecule is C[C@H](Nc1nc2cc(C(F)(F)F)cc(Br)c2o1)c1ncnn1-c1ccc(Cl)cn1. The minimum Gasteiger partial charge on any atom is -0.422 e. The van der Waals surface area contributed by atoms with Gasteiger partial charge in [0.15, 0.2) is 17.2 Å². The molecule has 0 saturated heterocycles. The first-order valence-electron chi connectivity index (χ1n) is 8.18. The van der Waals surface area contributed by atoms with Crippen molar-refractivity contribution in [2.75, 3.05) is 5.32 Å². The molecule has 0 aliphatic carbocycles. The van der Waals surface area contributed by atoms with Gasteiger partial charge in [-0.05, 0) is 47.1 Å². The van der Waals surface area contributed by atoms with Crippen LogP contribution in [0.25, 0.3) is 16.9 Å². The van der Waals surface area contributed by atoms with Crippen molar-refractivity contribution in [3.8, 4) is 5.82 Å². The maximum atomic E-state index is 13.0. The van der Waals surface area contributed by atoms with Crippen molar-refractivity contribution in [1.82, 2.24) is 24.7 Å². The van der Waals surface area contributed by atoms with E-state index in [0.717, 1.165) is 12.1 Å². The van der Waals surface area contributed by atoms with E-state index in [1.165, 1.54) is 17.2 Å². The van der Waals surface area contributed by atoms with E-state index in [2.05, 4.69) is 41.3 Å². The van der Waals surface area contributed by atoms with Gasteiger partial charge < -0.3 is 9.73 Å². The molecule has 3 aromatic heterocycles. The van der Waals surface area contributed by atoms with Crippen molar-refractivity contribution in [3.05, 3.63) is 57.7 Å². The number of fused-ring (bicyclic) bond motifs is 1. The van der Waals surface area contributed by atoms with Crippen molar-refractivity contribution in [2.24, 2.45) is 0 Å². The Hall–Kier alpha value is -2.66. The number of oxazole rings is 1. The summed E-state index contributed by atoms with van der Waals surface area (Å²) >= 11 is 8.96. The summed E-state index contributed by atoms with van der Waals surface area (Å²) < 4.78 is 46.2. The van der Waals surface area contributed by atoms with Gasteiger partial charge in [-0.3, -0.25) is 0 Å². The number of hydrogen-bond donors (Lipinski definition) is 1. The van der Waals surface area contributed by atoms with Crippen LogP contribution in [0.5, 0.6) is 0 Å². The average molecular weight is 488 g/mol. The summed E-state index contributed by atoms with van der Waals surface area (Å²) in [6.45, 7) is 1.78. The maximum Gasteiger partial charge on any atom is 0.416 e. The summed E-state index contributed by atoms with van der Waals surface area (Å²) in [6, 6.07) is 4.84. The van der Waals surface area contributed by atoms with Crippen LogP contribution in [0.1, 0.15) is 24.4 Å². The monoisotopic (exact) mass is 486 g/mol. The van der Waals surface area contributed by atoms with Gasteiger partial charge in [0.05, 0.1) is 21.1 Å². The highest BCUT2D eigenvalue weighted by molar-refractivity contribution is 9.10. The molecule has 0 fully saturated rings. The fourth-order valence-corrected chi connectivity index (χ4v) is 3.33. The number of halogens is 5. The van der Waals surface area contributed by atoms with Gasteiger partial charge in [-0.1, -0.05) is 11.6 Å². The Balaban J connectivity index is 1.63. The molecule has 3 heterocycles. The van der Waals surface area contributed by atoms with Gasteiger partial charge in [-0.25, -0.2) is 9.97 Å². The molecule has 0 aliphatic rings. The molecule has 1 atom stereocenters. The molecule has 0 saturated carbocycles. The largest absolute Gasteiger partial charge is 0.422 e. The number of anilines is 1. The summed E-state index contributed by atoms with van der Waals surface area (Å²) in [6.07, 6.45) is -1.64. The predicted molar refractivity (Wildman–Crippen MR) is 103 cm³/mol. The second-order valence-electron chi connectivity index (χ2n) is 6.05. The van der Waals surface area contributed by atoms with E-state index in [0.29, 0.717) is 16.7 Å². The maximum absolute atomic E-state index is 13.0. The Bertz CT molecular complexity index is 1170. The van der Waals surface area contributed by atoms with Crippen LogP contribution in [-0.2, 0) is 6.18 Å². The highest BCUT2D eigenvalue weighted by Gasteiger charge is 2.32. The zero-order valence-electron chi connectivity index (χ0n) is 14.6. The van der Waals surface area contributed by atoms with Crippen molar-refractivity contribution in [1.29, 1.82) is 0 Å². The molecule has 4 rings (SSSR count). The van der Waals surface area contributed by atoms with E-state index in [1.807, 2.05) is 0 Å². The summed E-state index contributed by atoms with van der Waals surface area (Å²) in [5.74, 6) is 1.00. The van der Waals surface area contributed by atoms with E-state index in [1.54, 1.807) is 19.1 Å². The highest BCUT2D eigenvalue weighted by atomic mass is 79.9. The van der Waals surface area contributed by atoms with Crippen LogP contribution in [0.15, 0.2) is 45.7 Å². The first kappa shape index (κ1) is 19.6. The molecular formula is C17H11BrClF3N6O. The number of aromatic nitrogens is 5. The second-order valence-corrected chi connectivity index (χ2v) is 7.34. The average Bonchev–Trinajstić information content (AvgIpc) is 3.28. The number of pyridine rings is 1. The van der Waals surface area contributed by atoms with Crippen LogP contribution in [0, 0.1) is 0 Å². The van der Waals surface area contributed by atoms with Crippen LogP contribution >= 0.6 is 27.5 Å². The lowest BCUT2D eigenvalue weighted by molar-refractivity contribution is -0.137. The van der Waals surface area contributed by atoms with Gasteiger partial charge in [-0.2, -0.15) is 27.9 Å². The number of nitrogens with zero attached hydrogens (tertiary/aromatic N) is 5. The van der Waals surface area contributed by atoms with Crippen LogP contribution in [0.4, 0.5) is 19.2 Å². The molecule has 29 heavy (non-hydrogen) atoms. The Morgan fingerprint density at radius 1 is 1.24 bits per heavy atom. The third-order valence-corrected chi connectivity index (χ3v) is 4.81. The Morgan fingerprint density at radius 3 is 2.72 bits per heavy atom. The van der Waals surface area contributed by atoms with Gasteiger partial charge in [0.1, 0.15) is 11.8 Å². The third-order valence-electron chi connectivity index (χ3n) is 4.00. The molecule has 1 aromatic carbocycles. The second kappa shape index (κ2) is 7.30. The molecule has 0 radical (unpaired) electrons. The summed E-state index contributed by atoms with van der Waals surface area (Å²) in [7, 11) is 0. The van der Waals surface area contributed by atoms with Crippen LogP contribution in [0.3, 0.4) is 0 Å². The molecule has 7 nitrogen and oxygen atoms in total. The quantitative estimate of drug-likeness (QED) is 0.414. The third kappa shape index (κ3) is 3.92. The van der Waals surface area contributed by atoms with Gasteiger partial charge >= 0.3 is 6.18 Å². The van der Waals surface area contributed by atoms with Crippen molar-refractivity contribution < 1.29 is 17.6 Å². The first-order chi connectivity index (χ1) is 13.7. The number of hydrogen-bond acceptors (Lipinski definition) is 6. The van der Waals surface area contributed by atoms with Crippen LogP contribution < -0.4 is 5.32 Å². The topological polar surface area (TPSA) is 81.7 Å². The fourth-order valence-electron chi connectivity index (χ4n) is 2.68. The number of alkyl halides is 3. The van der Waals surface area contributed by atoms with Gasteiger partial charge in [0, 0.05) is 6.20 Å². The van der Waals surface area contributed by atoms with Crippen LogP contribution in [-0.4, -0.2) is 24.7 Å². The molecular weight excluding hydrogens is 477 g/mol. The van der Waals surface area contributed by atoms with Crippen molar-refractivity contribution in [2.45, 2.75) is 19.1 Å². The first-order valence-corrected chi connectivity index (χ1v) is 9.35. The molecule has 0 aliphatic heterocycles. The van der Waals surface area contributed by atoms with Crippen molar-refractivity contribution >= 4 is 44.6 Å². The molecule has 0 spiro atoms. The number of benzene rings is 1. The summed E-state index contributed by atoms with van der Waals surface area (Å²) in [5.41, 5.74) is -0.547. The zero-order chi connectivity index (χ0) is 20.8. The van der Waals surface area contributed by atoms with E-state index < -0.39 is 17.8 Å². The predicted octanol–water partition coefficient (Wildman–Crippen LogP) is 5.41. The lowest BCUT2D eigenvalue weighted by atomic mass is 10.2. The fraction of sp³-hybridized carbons (Fsp3) is 0.176. The van der Waals surface area contributed by atoms with E-state index in [4.69, 9.17) is 16.0 Å². The van der Waals surface area contributed by atoms with Gasteiger partial charge in [-0.15, -0.1) is 0 Å². The van der Waals surface area contributed by atoms with Gasteiger partial charge in [0.25, 0.3) is 6.01 Å². The number of nitrogens with one attached hydrogen (secondary N) is 1. The molecule has 150 valence electrons. The molecule has 0 amide bonds. The summed E-state index contributed by atoms with van der Waals surface area (Å²) in [4.78, 5) is 12.5. The summed E-state index contributed by atoms with van der Waals surface area (Å²) in [5, 5.41) is 7.62. The van der Waals surface area contributed by atoms with Gasteiger partial charge in [0.2, 0.25) is 0 Å². The number of rotatable bonds is 4. The lowest BCUT2D eigenvalue weighted by Crippen LogP contribution is -2.14. The Labute approximate surface area is 175 Å². The highest BCUT2D eigenvalue weighted by Crippen LogP contribution is 2.36. The van der Waals surface area contributed by atoms with Crippen LogP contribution in [0.2, 0.25) is 5.02 Å². The molecule has 0 bridgehead atoms. The standard InChI is InChI=1S/C17H11BrClF3N6O/c1-8(15-24-7-25-28(15)13-3-2-10(19)6-23-13)26-16-27-12-5-9(17(20,21)22)4-11(18)14(12)29-16/h2-8H,1H3,(H,26,27)/t8-/m0/s1. The Morgan fingerprint density at radius 2 is 2.03 bits per heavy atom. The molecule has 12 heteroatoms.